The Bertz CT molecular complexity index is 631. The van der Waals surface area contributed by atoms with Gasteiger partial charge in [0.2, 0.25) is 0 Å². The second-order valence-electron chi connectivity index (χ2n) is 4.82. The Hall–Kier alpha value is -2.14. The summed E-state index contributed by atoms with van der Waals surface area (Å²) in [5.41, 5.74) is 10.2. The molecule has 0 aliphatic heterocycles. The molecule has 106 valence electrons. The van der Waals surface area contributed by atoms with Crippen molar-refractivity contribution < 1.29 is 4.79 Å². The summed E-state index contributed by atoms with van der Waals surface area (Å²) in [5.74, 6) is -0.103. The highest BCUT2D eigenvalue weighted by molar-refractivity contribution is 5.95. The van der Waals surface area contributed by atoms with Gasteiger partial charge in [0.1, 0.15) is 0 Å². The van der Waals surface area contributed by atoms with Crippen molar-refractivity contribution in [1.82, 2.24) is 15.1 Å². The summed E-state index contributed by atoms with van der Waals surface area (Å²) in [6, 6.07) is 7.39. The molecule has 1 aromatic heterocycles. The molecule has 3 N–H and O–H groups in total. The first kappa shape index (κ1) is 14.3. The Morgan fingerprint density at radius 3 is 2.65 bits per heavy atom. The van der Waals surface area contributed by atoms with E-state index in [4.69, 9.17) is 5.73 Å². The summed E-state index contributed by atoms with van der Waals surface area (Å²) in [5, 5.41) is 7.28. The number of rotatable bonds is 4. The molecule has 5 heteroatoms. The van der Waals surface area contributed by atoms with Crippen LogP contribution in [0.1, 0.15) is 32.9 Å². The Kier molecular flexibility index (Phi) is 4.20. The summed E-state index contributed by atoms with van der Waals surface area (Å²) in [7, 11) is 1.90. The minimum absolute atomic E-state index is 0.103. The topological polar surface area (TPSA) is 72.9 Å². The zero-order valence-corrected chi connectivity index (χ0v) is 12.1. The number of carbonyl (C=O) groups excluding carboxylic acids is 1. The van der Waals surface area contributed by atoms with Gasteiger partial charge in [-0.1, -0.05) is 18.2 Å². The lowest BCUT2D eigenvalue weighted by Gasteiger charge is -2.09. The first-order valence-corrected chi connectivity index (χ1v) is 6.59. The van der Waals surface area contributed by atoms with Crippen molar-refractivity contribution in [3.05, 3.63) is 52.3 Å². The van der Waals surface area contributed by atoms with Gasteiger partial charge >= 0.3 is 0 Å². The predicted octanol–water partition coefficient (Wildman–Crippen LogP) is 1.43. The SMILES string of the molecule is Cc1nn(C)c(C)c1CNC(=O)c1ccccc1CN. The standard InChI is InChI=1S/C15H20N4O/c1-10-14(11(2)19(3)18-10)9-17-15(20)13-7-5-4-6-12(13)8-16/h4-7H,8-9,16H2,1-3H3,(H,17,20). The van der Waals surface area contributed by atoms with Crippen LogP contribution in [0.5, 0.6) is 0 Å². The van der Waals surface area contributed by atoms with E-state index in [0.29, 0.717) is 18.7 Å². The van der Waals surface area contributed by atoms with E-state index >= 15 is 0 Å². The Labute approximate surface area is 118 Å². The molecule has 2 rings (SSSR count). The fourth-order valence-corrected chi connectivity index (χ4v) is 2.26. The van der Waals surface area contributed by atoms with Crippen molar-refractivity contribution in [3.63, 3.8) is 0 Å². The number of nitrogens with zero attached hydrogens (tertiary/aromatic N) is 2. The highest BCUT2D eigenvalue weighted by Gasteiger charge is 2.13. The van der Waals surface area contributed by atoms with E-state index in [9.17, 15) is 4.79 Å². The molecule has 0 saturated heterocycles. The Morgan fingerprint density at radius 1 is 1.35 bits per heavy atom. The second kappa shape index (κ2) is 5.88. The largest absolute Gasteiger partial charge is 0.348 e. The molecule has 0 atom stereocenters. The molecule has 1 amide bonds. The van der Waals surface area contributed by atoms with Crippen molar-refractivity contribution in [2.75, 3.05) is 0 Å². The van der Waals surface area contributed by atoms with Crippen LogP contribution in [-0.2, 0) is 20.1 Å². The molecule has 2 aromatic rings. The van der Waals surface area contributed by atoms with E-state index in [0.717, 1.165) is 22.5 Å². The molecule has 0 saturated carbocycles. The Morgan fingerprint density at radius 2 is 2.05 bits per heavy atom. The summed E-state index contributed by atoms with van der Waals surface area (Å²) in [4.78, 5) is 12.2. The predicted molar refractivity (Wildman–Crippen MR) is 78.2 cm³/mol. The smallest absolute Gasteiger partial charge is 0.251 e. The maximum Gasteiger partial charge on any atom is 0.251 e. The van der Waals surface area contributed by atoms with Crippen LogP contribution in [0.3, 0.4) is 0 Å². The van der Waals surface area contributed by atoms with Gasteiger partial charge in [0.15, 0.2) is 0 Å². The first-order valence-electron chi connectivity index (χ1n) is 6.59. The third-order valence-corrected chi connectivity index (χ3v) is 3.57. The van der Waals surface area contributed by atoms with Gasteiger partial charge in [-0.05, 0) is 25.5 Å². The highest BCUT2D eigenvalue weighted by Crippen LogP contribution is 2.12. The van der Waals surface area contributed by atoms with Crippen LogP contribution in [0.2, 0.25) is 0 Å². The van der Waals surface area contributed by atoms with Gasteiger partial charge in [-0.15, -0.1) is 0 Å². The number of nitrogens with two attached hydrogens (primary N) is 1. The maximum atomic E-state index is 12.2. The number of carbonyl (C=O) groups is 1. The molecule has 0 aliphatic rings. The molecule has 20 heavy (non-hydrogen) atoms. The van der Waals surface area contributed by atoms with Crippen LogP contribution in [0.25, 0.3) is 0 Å². The number of aromatic nitrogens is 2. The molecular weight excluding hydrogens is 252 g/mol. The van der Waals surface area contributed by atoms with Crippen molar-refractivity contribution in [1.29, 1.82) is 0 Å². The van der Waals surface area contributed by atoms with Crippen LogP contribution < -0.4 is 11.1 Å². The fraction of sp³-hybridized carbons (Fsp3) is 0.333. The first-order chi connectivity index (χ1) is 9.54. The van der Waals surface area contributed by atoms with E-state index in [2.05, 4.69) is 10.4 Å². The zero-order valence-electron chi connectivity index (χ0n) is 12.1. The molecule has 0 radical (unpaired) electrons. The molecule has 0 unspecified atom stereocenters. The van der Waals surface area contributed by atoms with Gasteiger partial charge in [-0.3, -0.25) is 9.48 Å². The van der Waals surface area contributed by atoms with Crippen LogP contribution in [0.15, 0.2) is 24.3 Å². The fourth-order valence-electron chi connectivity index (χ4n) is 2.26. The molecule has 0 fully saturated rings. The lowest BCUT2D eigenvalue weighted by Crippen LogP contribution is -2.25. The Balaban J connectivity index is 2.13. The van der Waals surface area contributed by atoms with Gasteiger partial charge in [0, 0.05) is 37.0 Å². The van der Waals surface area contributed by atoms with Gasteiger partial charge < -0.3 is 11.1 Å². The third kappa shape index (κ3) is 2.72. The number of nitrogens with one attached hydrogen (secondary N) is 1. The van der Waals surface area contributed by atoms with E-state index in [1.807, 2.05) is 43.8 Å². The van der Waals surface area contributed by atoms with Gasteiger partial charge in [0.25, 0.3) is 5.91 Å². The monoisotopic (exact) mass is 272 g/mol. The quantitative estimate of drug-likeness (QED) is 0.884. The lowest BCUT2D eigenvalue weighted by molar-refractivity contribution is 0.0950. The zero-order chi connectivity index (χ0) is 14.7. The molecule has 0 bridgehead atoms. The minimum Gasteiger partial charge on any atom is -0.348 e. The van der Waals surface area contributed by atoms with Gasteiger partial charge in [-0.25, -0.2) is 0 Å². The maximum absolute atomic E-state index is 12.2. The summed E-state index contributed by atoms with van der Waals surface area (Å²) in [6.07, 6.45) is 0. The van der Waals surface area contributed by atoms with E-state index in [1.54, 1.807) is 6.07 Å². The van der Waals surface area contributed by atoms with E-state index < -0.39 is 0 Å². The molecular formula is C15H20N4O. The van der Waals surface area contributed by atoms with Crippen molar-refractivity contribution in [2.24, 2.45) is 12.8 Å². The third-order valence-electron chi connectivity index (χ3n) is 3.57. The number of hydrogen-bond donors (Lipinski definition) is 2. The summed E-state index contributed by atoms with van der Waals surface area (Å²) < 4.78 is 1.82. The number of amides is 1. The molecule has 5 nitrogen and oxygen atoms in total. The molecule has 0 aliphatic carbocycles. The average Bonchev–Trinajstić information content (AvgIpc) is 2.70. The molecule has 0 spiro atoms. The van der Waals surface area contributed by atoms with Crippen LogP contribution >= 0.6 is 0 Å². The summed E-state index contributed by atoms with van der Waals surface area (Å²) in [6.45, 7) is 4.77. The number of hydrogen-bond acceptors (Lipinski definition) is 3. The summed E-state index contributed by atoms with van der Waals surface area (Å²) >= 11 is 0. The highest BCUT2D eigenvalue weighted by atomic mass is 16.1. The van der Waals surface area contributed by atoms with Crippen LogP contribution in [0.4, 0.5) is 0 Å². The van der Waals surface area contributed by atoms with Gasteiger partial charge in [-0.2, -0.15) is 5.10 Å². The molecule has 1 aromatic carbocycles. The van der Waals surface area contributed by atoms with E-state index in [-0.39, 0.29) is 5.91 Å². The average molecular weight is 272 g/mol. The number of benzene rings is 1. The van der Waals surface area contributed by atoms with Crippen molar-refractivity contribution in [2.45, 2.75) is 26.9 Å². The van der Waals surface area contributed by atoms with Crippen LogP contribution in [-0.4, -0.2) is 15.7 Å². The number of aryl methyl sites for hydroxylation is 2. The van der Waals surface area contributed by atoms with E-state index in [1.165, 1.54) is 0 Å². The van der Waals surface area contributed by atoms with Gasteiger partial charge in [0.05, 0.1) is 5.69 Å². The second-order valence-corrected chi connectivity index (χ2v) is 4.82. The lowest BCUT2D eigenvalue weighted by atomic mass is 10.1. The van der Waals surface area contributed by atoms with Crippen molar-refractivity contribution >= 4 is 5.91 Å². The van der Waals surface area contributed by atoms with Crippen molar-refractivity contribution in [3.8, 4) is 0 Å². The van der Waals surface area contributed by atoms with Crippen LogP contribution in [0, 0.1) is 13.8 Å². The molecule has 1 heterocycles. The normalized spacial score (nSPS) is 10.6. The minimum atomic E-state index is -0.103.